The molecule has 0 radical (unpaired) electrons. The van der Waals surface area contributed by atoms with E-state index in [1.807, 2.05) is 0 Å². The van der Waals surface area contributed by atoms with E-state index in [0.29, 0.717) is 37.4 Å². The van der Waals surface area contributed by atoms with Gasteiger partial charge in [0, 0.05) is 25.2 Å². The standard InChI is InChI=1S/C13H17FN2O2/c1-9-2-3-10(6-12(9)14)13(17)16-4-5-18-11(7-15)8-16/h2-3,6,11H,4-5,7-8,15H2,1H3. The molecule has 4 nitrogen and oxygen atoms in total. The molecular weight excluding hydrogens is 235 g/mol. The fraction of sp³-hybridized carbons (Fsp3) is 0.462. The van der Waals surface area contributed by atoms with Crippen LogP contribution >= 0.6 is 0 Å². The van der Waals surface area contributed by atoms with Gasteiger partial charge < -0.3 is 15.4 Å². The van der Waals surface area contributed by atoms with Gasteiger partial charge in [-0.2, -0.15) is 0 Å². The number of rotatable bonds is 2. The van der Waals surface area contributed by atoms with Gasteiger partial charge in [-0.15, -0.1) is 0 Å². The summed E-state index contributed by atoms with van der Waals surface area (Å²) >= 11 is 0. The SMILES string of the molecule is Cc1ccc(C(=O)N2CCOC(CN)C2)cc1F. The number of carbonyl (C=O) groups is 1. The summed E-state index contributed by atoms with van der Waals surface area (Å²) in [7, 11) is 0. The van der Waals surface area contributed by atoms with Crippen LogP contribution in [0.25, 0.3) is 0 Å². The van der Waals surface area contributed by atoms with Crippen molar-refractivity contribution in [3.8, 4) is 0 Å². The largest absolute Gasteiger partial charge is 0.373 e. The molecule has 2 N–H and O–H groups in total. The quantitative estimate of drug-likeness (QED) is 0.852. The molecule has 1 saturated heterocycles. The molecule has 0 aliphatic carbocycles. The molecule has 0 aromatic heterocycles. The lowest BCUT2D eigenvalue weighted by Gasteiger charge is -2.32. The molecule has 1 aromatic carbocycles. The molecule has 0 saturated carbocycles. The molecule has 98 valence electrons. The van der Waals surface area contributed by atoms with Crippen molar-refractivity contribution in [3.63, 3.8) is 0 Å². The van der Waals surface area contributed by atoms with Crippen LogP contribution in [-0.4, -0.2) is 43.2 Å². The number of halogens is 1. The minimum Gasteiger partial charge on any atom is -0.373 e. The molecule has 1 aromatic rings. The number of hydrogen-bond donors (Lipinski definition) is 1. The van der Waals surface area contributed by atoms with Gasteiger partial charge in [0.05, 0.1) is 12.7 Å². The molecule has 1 heterocycles. The van der Waals surface area contributed by atoms with Crippen LogP contribution in [0.5, 0.6) is 0 Å². The minimum atomic E-state index is -0.357. The zero-order valence-electron chi connectivity index (χ0n) is 10.4. The Morgan fingerprint density at radius 3 is 3.06 bits per heavy atom. The van der Waals surface area contributed by atoms with E-state index in [-0.39, 0.29) is 17.8 Å². The summed E-state index contributed by atoms with van der Waals surface area (Å²) in [5, 5.41) is 0. The summed E-state index contributed by atoms with van der Waals surface area (Å²) in [6.45, 7) is 3.51. The summed E-state index contributed by atoms with van der Waals surface area (Å²) in [6, 6.07) is 4.54. The lowest BCUT2D eigenvalue weighted by Crippen LogP contribution is -2.48. The normalized spacial score (nSPS) is 19.9. The lowest BCUT2D eigenvalue weighted by atomic mass is 10.1. The Morgan fingerprint density at radius 1 is 1.61 bits per heavy atom. The Morgan fingerprint density at radius 2 is 2.39 bits per heavy atom. The summed E-state index contributed by atoms with van der Waals surface area (Å²) in [5.74, 6) is -0.528. The fourth-order valence-corrected chi connectivity index (χ4v) is 1.95. The maximum absolute atomic E-state index is 13.4. The number of nitrogens with two attached hydrogens (primary N) is 1. The highest BCUT2D eigenvalue weighted by Gasteiger charge is 2.24. The first kappa shape index (κ1) is 13.0. The molecule has 1 aliphatic heterocycles. The maximum Gasteiger partial charge on any atom is 0.254 e. The third-order valence-corrected chi connectivity index (χ3v) is 3.11. The van der Waals surface area contributed by atoms with E-state index in [1.54, 1.807) is 24.0 Å². The third-order valence-electron chi connectivity index (χ3n) is 3.11. The Kier molecular flexibility index (Phi) is 3.93. The van der Waals surface area contributed by atoms with E-state index >= 15 is 0 Å². The van der Waals surface area contributed by atoms with Crippen LogP contribution in [0, 0.1) is 12.7 Å². The Balaban J connectivity index is 2.12. The predicted octanol–water partition coefficient (Wildman–Crippen LogP) is 0.934. The Bertz CT molecular complexity index is 451. The number of carbonyl (C=O) groups excluding carboxylic acids is 1. The van der Waals surface area contributed by atoms with Crippen molar-refractivity contribution in [2.24, 2.45) is 5.73 Å². The van der Waals surface area contributed by atoms with Crippen molar-refractivity contribution >= 4 is 5.91 Å². The van der Waals surface area contributed by atoms with Gasteiger partial charge in [0.15, 0.2) is 0 Å². The van der Waals surface area contributed by atoms with Crippen molar-refractivity contribution < 1.29 is 13.9 Å². The predicted molar refractivity (Wildman–Crippen MR) is 65.8 cm³/mol. The molecule has 18 heavy (non-hydrogen) atoms. The smallest absolute Gasteiger partial charge is 0.254 e. The van der Waals surface area contributed by atoms with Crippen molar-refractivity contribution in [1.29, 1.82) is 0 Å². The number of ether oxygens (including phenoxy) is 1. The van der Waals surface area contributed by atoms with E-state index in [0.717, 1.165) is 0 Å². The maximum atomic E-state index is 13.4. The third kappa shape index (κ3) is 2.68. The van der Waals surface area contributed by atoms with Crippen LogP contribution in [-0.2, 0) is 4.74 Å². The van der Waals surface area contributed by atoms with Gasteiger partial charge in [0.2, 0.25) is 0 Å². The lowest BCUT2D eigenvalue weighted by molar-refractivity contribution is -0.0167. The van der Waals surface area contributed by atoms with Crippen LogP contribution in [0.1, 0.15) is 15.9 Å². The minimum absolute atomic E-state index is 0.127. The summed E-state index contributed by atoms with van der Waals surface area (Å²) in [5.41, 5.74) is 6.43. The van der Waals surface area contributed by atoms with E-state index in [1.165, 1.54) is 6.07 Å². The van der Waals surface area contributed by atoms with Crippen molar-refractivity contribution in [2.45, 2.75) is 13.0 Å². The van der Waals surface area contributed by atoms with E-state index in [4.69, 9.17) is 10.5 Å². The summed E-state index contributed by atoms with van der Waals surface area (Å²) in [6.07, 6.45) is -0.127. The molecule has 1 unspecified atom stereocenters. The number of benzene rings is 1. The zero-order chi connectivity index (χ0) is 13.1. The fourth-order valence-electron chi connectivity index (χ4n) is 1.95. The van der Waals surface area contributed by atoms with Gasteiger partial charge in [-0.1, -0.05) is 6.07 Å². The van der Waals surface area contributed by atoms with Crippen molar-refractivity contribution in [1.82, 2.24) is 4.90 Å². The number of amides is 1. The highest BCUT2D eigenvalue weighted by Crippen LogP contribution is 2.13. The van der Waals surface area contributed by atoms with Crippen LogP contribution in [0.4, 0.5) is 4.39 Å². The number of hydrogen-bond acceptors (Lipinski definition) is 3. The highest BCUT2D eigenvalue weighted by molar-refractivity contribution is 5.94. The first-order valence-electron chi connectivity index (χ1n) is 5.99. The molecular formula is C13H17FN2O2. The molecule has 0 bridgehead atoms. The summed E-state index contributed by atoms with van der Waals surface area (Å²) in [4.78, 5) is 13.8. The van der Waals surface area contributed by atoms with Crippen molar-refractivity contribution in [2.75, 3.05) is 26.2 Å². The molecule has 1 amide bonds. The summed E-state index contributed by atoms with van der Waals surface area (Å²) < 4.78 is 18.8. The van der Waals surface area contributed by atoms with Crippen LogP contribution in [0.15, 0.2) is 18.2 Å². The number of morpholine rings is 1. The zero-order valence-corrected chi connectivity index (χ0v) is 10.4. The second kappa shape index (κ2) is 5.46. The Hall–Kier alpha value is -1.46. The van der Waals surface area contributed by atoms with Crippen LogP contribution in [0.3, 0.4) is 0 Å². The van der Waals surface area contributed by atoms with E-state index < -0.39 is 0 Å². The van der Waals surface area contributed by atoms with Gasteiger partial charge in [-0.3, -0.25) is 4.79 Å². The molecule has 5 heteroatoms. The molecule has 1 atom stereocenters. The molecule has 0 spiro atoms. The van der Waals surface area contributed by atoms with Gasteiger partial charge in [-0.05, 0) is 24.6 Å². The second-order valence-corrected chi connectivity index (χ2v) is 4.44. The number of nitrogens with zero attached hydrogens (tertiary/aromatic N) is 1. The van der Waals surface area contributed by atoms with Gasteiger partial charge in [0.25, 0.3) is 5.91 Å². The molecule has 1 fully saturated rings. The average Bonchev–Trinajstić information content (AvgIpc) is 2.41. The molecule has 2 rings (SSSR count). The van der Waals surface area contributed by atoms with Gasteiger partial charge >= 0.3 is 0 Å². The van der Waals surface area contributed by atoms with Crippen LogP contribution in [0.2, 0.25) is 0 Å². The molecule has 1 aliphatic rings. The second-order valence-electron chi connectivity index (χ2n) is 4.44. The first-order valence-corrected chi connectivity index (χ1v) is 5.99. The van der Waals surface area contributed by atoms with Gasteiger partial charge in [-0.25, -0.2) is 4.39 Å². The van der Waals surface area contributed by atoms with Crippen LogP contribution < -0.4 is 5.73 Å². The monoisotopic (exact) mass is 252 g/mol. The van der Waals surface area contributed by atoms with Crippen molar-refractivity contribution in [3.05, 3.63) is 35.1 Å². The van der Waals surface area contributed by atoms with Gasteiger partial charge in [0.1, 0.15) is 5.82 Å². The van der Waals surface area contributed by atoms with E-state index in [9.17, 15) is 9.18 Å². The Labute approximate surface area is 106 Å². The average molecular weight is 252 g/mol. The number of aryl methyl sites for hydroxylation is 1. The topological polar surface area (TPSA) is 55.6 Å². The van der Waals surface area contributed by atoms with E-state index in [2.05, 4.69) is 0 Å². The first-order chi connectivity index (χ1) is 8.61. The highest BCUT2D eigenvalue weighted by atomic mass is 19.1.